The molecule has 4 rings (SSSR count). The van der Waals surface area contributed by atoms with Crippen LogP contribution in [0.5, 0.6) is 11.5 Å². The van der Waals surface area contributed by atoms with Crippen molar-refractivity contribution < 1.29 is 23.9 Å². The average Bonchev–Trinajstić information content (AvgIpc) is 3.17. The van der Waals surface area contributed by atoms with Crippen molar-refractivity contribution in [1.29, 1.82) is 0 Å². The molecule has 0 saturated carbocycles. The summed E-state index contributed by atoms with van der Waals surface area (Å²) in [5.41, 5.74) is -0.599. The predicted octanol–water partition coefficient (Wildman–Crippen LogP) is 0.365. The van der Waals surface area contributed by atoms with Gasteiger partial charge in [0.1, 0.15) is 11.6 Å². The maximum atomic E-state index is 12.8. The van der Waals surface area contributed by atoms with E-state index >= 15 is 0 Å². The second kappa shape index (κ2) is 5.64. The summed E-state index contributed by atoms with van der Waals surface area (Å²) in [7, 11) is 0. The molecule has 0 aliphatic carbocycles. The number of rotatable bonds is 2. The highest BCUT2D eigenvalue weighted by molar-refractivity contribution is 7.80. The largest absolute Gasteiger partial charge is 0.454 e. The number of carbonyl (C=O) groups excluding carboxylic acids is 3. The zero-order valence-electron chi connectivity index (χ0n) is 14.1. The van der Waals surface area contributed by atoms with Crippen LogP contribution in [0.25, 0.3) is 0 Å². The average molecular weight is 376 g/mol. The smallest absolute Gasteiger partial charge is 0.248 e. The van der Waals surface area contributed by atoms with Crippen LogP contribution in [0, 0.1) is 0 Å². The highest BCUT2D eigenvalue weighted by Crippen LogP contribution is 2.36. The number of nitrogens with one attached hydrogen (secondary N) is 2. The zero-order valence-corrected chi connectivity index (χ0v) is 14.9. The summed E-state index contributed by atoms with van der Waals surface area (Å²) in [6, 6.07) is 4.16. The quantitative estimate of drug-likeness (QED) is 0.719. The van der Waals surface area contributed by atoms with E-state index in [1.54, 1.807) is 32.0 Å². The minimum Gasteiger partial charge on any atom is -0.454 e. The van der Waals surface area contributed by atoms with E-state index in [1.165, 1.54) is 10.0 Å². The van der Waals surface area contributed by atoms with Crippen LogP contribution in [0.2, 0.25) is 0 Å². The van der Waals surface area contributed by atoms with E-state index in [4.69, 9.17) is 21.7 Å². The Morgan fingerprint density at radius 3 is 2.81 bits per heavy atom. The summed E-state index contributed by atoms with van der Waals surface area (Å²) in [5, 5.41) is 7.89. The van der Waals surface area contributed by atoms with E-state index in [0.717, 1.165) is 0 Å². The number of nitrogens with zero attached hydrogens (tertiary/aromatic N) is 2. The van der Waals surface area contributed by atoms with Crippen molar-refractivity contribution in [3.63, 3.8) is 0 Å². The summed E-state index contributed by atoms with van der Waals surface area (Å²) in [5.74, 6) is 0.0173. The molecule has 10 heteroatoms. The molecule has 2 saturated heterocycles. The Hall–Kier alpha value is -2.72. The van der Waals surface area contributed by atoms with Gasteiger partial charge in [-0.25, -0.2) is 5.01 Å². The standard InChI is InChI=1S/C16H16N4O5S/c1-16(2)14(23)18-15(26)19-12(21)6-9(20(16)19)13(22)17-8-3-4-10-11(5-8)25-7-24-10/h3-5,9H,6-7H2,1-2H3,(H,17,22)(H,18,23,26)/t9-/m1/s1. The first-order valence-corrected chi connectivity index (χ1v) is 8.38. The first kappa shape index (κ1) is 16.7. The number of anilines is 1. The van der Waals surface area contributed by atoms with Gasteiger partial charge in [-0.05, 0) is 38.2 Å². The van der Waals surface area contributed by atoms with Gasteiger partial charge in [0.2, 0.25) is 24.5 Å². The Morgan fingerprint density at radius 1 is 1.31 bits per heavy atom. The molecule has 136 valence electrons. The van der Waals surface area contributed by atoms with Crippen LogP contribution >= 0.6 is 12.2 Å². The van der Waals surface area contributed by atoms with E-state index in [9.17, 15) is 14.4 Å². The third-order valence-electron chi connectivity index (χ3n) is 4.60. The van der Waals surface area contributed by atoms with Crippen molar-refractivity contribution in [2.45, 2.75) is 31.8 Å². The number of amides is 3. The molecule has 26 heavy (non-hydrogen) atoms. The first-order chi connectivity index (χ1) is 12.3. The fraction of sp³-hybridized carbons (Fsp3) is 0.375. The summed E-state index contributed by atoms with van der Waals surface area (Å²) < 4.78 is 10.5. The maximum Gasteiger partial charge on any atom is 0.248 e. The molecular weight excluding hydrogens is 360 g/mol. The predicted molar refractivity (Wildman–Crippen MR) is 93.1 cm³/mol. The van der Waals surface area contributed by atoms with Gasteiger partial charge in [0.15, 0.2) is 16.6 Å². The molecule has 3 heterocycles. The molecule has 1 aromatic rings. The van der Waals surface area contributed by atoms with Gasteiger partial charge in [-0.3, -0.25) is 19.7 Å². The minimum atomic E-state index is -1.11. The lowest BCUT2D eigenvalue weighted by Crippen LogP contribution is -2.71. The van der Waals surface area contributed by atoms with E-state index in [2.05, 4.69) is 10.6 Å². The van der Waals surface area contributed by atoms with Crippen LogP contribution in [0.4, 0.5) is 5.69 Å². The third kappa shape index (κ3) is 2.41. The molecule has 9 nitrogen and oxygen atoms in total. The number of ether oxygens (including phenoxy) is 2. The lowest BCUT2D eigenvalue weighted by atomic mass is 10.00. The van der Waals surface area contributed by atoms with Gasteiger partial charge in [0, 0.05) is 11.8 Å². The molecule has 2 fully saturated rings. The molecule has 3 aliphatic rings. The number of thiocarbonyl (C=S) groups is 1. The van der Waals surface area contributed by atoms with Gasteiger partial charge in [-0.15, -0.1) is 0 Å². The molecule has 0 aromatic heterocycles. The highest BCUT2D eigenvalue weighted by atomic mass is 32.1. The number of hydrogen-bond donors (Lipinski definition) is 2. The molecule has 1 atom stereocenters. The Morgan fingerprint density at radius 2 is 2.04 bits per heavy atom. The second-order valence-electron chi connectivity index (χ2n) is 6.65. The normalized spacial score (nSPS) is 23.7. The van der Waals surface area contributed by atoms with Crippen molar-refractivity contribution in [3.05, 3.63) is 18.2 Å². The summed E-state index contributed by atoms with van der Waals surface area (Å²) in [6.07, 6.45) is -0.0745. The fourth-order valence-corrected chi connectivity index (χ4v) is 3.54. The maximum absolute atomic E-state index is 12.8. The molecule has 3 amide bonds. The second-order valence-corrected chi connectivity index (χ2v) is 7.03. The molecular formula is C16H16N4O5S. The van der Waals surface area contributed by atoms with Crippen LogP contribution in [-0.4, -0.2) is 51.2 Å². The van der Waals surface area contributed by atoms with Gasteiger partial charge < -0.3 is 14.8 Å². The Labute approximate surface area is 154 Å². The number of fused-ring (bicyclic) bond motifs is 2. The molecule has 0 bridgehead atoms. The zero-order chi connectivity index (χ0) is 18.6. The van der Waals surface area contributed by atoms with Gasteiger partial charge in [-0.2, -0.15) is 5.01 Å². The van der Waals surface area contributed by atoms with Crippen molar-refractivity contribution in [2.75, 3.05) is 12.1 Å². The van der Waals surface area contributed by atoms with E-state index in [-0.39, 0.29) is 30.1 Å². The van der Waals surface area contributed by atoms with Crippen LogP contribution in [0.15, 0.2) is 18.2 Å². The molecule has 1 aromatic carbocycles. The van der Waals surface area contributed by atoms with Crippen molar-refractivity contribution in [1.82, 2.24) is 15.3 Å². The van der Waals surface area contributed by atoms with Crippen molar-refractivity contribution in [2.24, 2.45) is 0 Å². The molecule has 0 unspecified atom stereocenters. The van der Waals surface area contributed by atoms with E-state index in [1.807, 2.05) is 0 Å². The fourth-order valence-electron chi connectivity index (χ4n) is 3.26. The Balaban J connectivity index is 1.60. The SMILES string of the molecule is CC1(C)C(=O)NC(=S)N2C(=O)C[C@H](C(=O)Nc3ccc4c(c3)OCO4)N21. The van der Waals surface area contributed by atoms with Crippen LogP contribution in [0.1, 0.15) is 20.3 Å². The Kier molecular flexibility index (Phi) is 3.63. The number of benzene rings is 1. The van der Waals surface area contributed by atoms with E-state index < -0.39 is 17.5 Å². The van der Waals surface area contributed by atoms with Crippen LogP contribution in [0.3, 0.4) is 0 Å². The summed E-state index contributed by atoms with van der Waals surface area (Å²) in [6.45, 7) is 3.40. The van der Waals surface area contributed by atoms with Gasteiger partial charge >= 0.3 is 0 Å². The van der Waals surface area contributed by atoms with Crippen LogP contribution < -0.4 is 20.1 Å². The summed E-state index contributed by atoms with van der Waals surface area (Å²) in [4.78, 5) is 37.5. The number of hydrazine groups is 1. The van der Waals surface area contributed by atoms with Gasteiger partial charge in [-0.1, -0.05) is 0 Å². The number of hydrogen-bond acceptors (Lipinski definition) is 7. The van der Waals surface area contributed by atoms with Crippen molar-refractivity contribution >= 4 is 40.7 Å². The minimum absolute atomic E-state index is 0.0160. The first-order valence-electron chi connectivity index (χ1n) is 7.97. The summed E-state index contributed by atoms with van der Waals surface area (Å²) >= 11 is 5.09. The number of carbonyl (C=O) groups is 3. The lowest BCUT2D eigenvalue weighted by molar-refractivity contribution is -0.154. The van der Waals surface area contributed by atoms with Crippen LogP contribution in [-0.2, 0) is 14.4 Å². The third-order valence-corrected chi connectivity index (χ3v) is 4.87. The monoisotopic (exact) mass is 376 g/mol. The van der Waals surface area contributed by atoms with E-state index in [0.29, 0.717) is 17.2 Å². The highest BCUT2D eigenvalue weighted by Gasteiger charge is 2.56. The Bertz CT molecular complexity index is 855. The molecule has 2 N–H and O–H groups in total. The van der Waals surface area contributed by atoms with Gasteiger partial charge in [0.05, 0.1) is 6.42 Å². The molecule has 3 aliphatic heterocycles. The van der Waals surface area contributed by atoms with Gasteiger partial charge in [0.25, 0.3) is 0 Å². The molecule has 0 radical (unpaired) electrons. The molecule has 0 spiro atoms. The lowest BCUT2D eigenvalue weighted by Gasteiger charge is -2.45. The van der Waals surface area contributed by atoms with Crippen molar-refractivity contribution in [3.8, 4) is 11.5 Å². The topological polar surface area (TPSA) is 100 Å².